The molecule has 1 aromatic carbocycles. The Morgan fingerprint density at radius 1 is 1.40 bits per heavy atom. The van der Waals surface area contributed by atoms with Crippen LogP contribution in [0.2, 0.25) is 0 Å². The number of nitrogens with one attached hydrogen (secondary N) is 1. The molecule has 2 heterocycles. The minimum Gasteiger partial charge on any atom is -0.384 e. The number of thiazole rings is 1. The van der Waals surface area contributed by atoms with Crippen molar-refractivity contribution in [1.29, 1.82) is 0 Å². The summed E-state index contributed by atoms with van der Waals surface area (Å²) in [5, 5.41) is 3.49. The van der Waals surface area contributed by atoms with Gasteiger partial charge in [-0.25, -0.2) is 4.98 Å². The van der Waals surface area contributed by atoms with Gasteiger partial charge in [0.2, 0.25) is 0 Å². The monoisotopic (exact) mass is 216 g/mol. The molecule has 0 spiro atoms. The maximum Gasteiger partial charge on any atom is 0.0864 e. The largest absolute Gasteiger partial charge is 0.384 e. The van der Waals surface area contributed by atoms with E-state index >= 15 is 0 Å². The second-order valence-corrected chi connectivity index (χ2v) is 4.74. The molecular formula is C12H12N2S. The lowest BCUT2D eigenvalue weighted by Gasteiger charge is -2.10. The van der Waals surface area contributed by atoms with Crippen LogP contribution in [0.1, 0.15) is 10.4 Å². The smallest absolute Gasteiger partial charge is 0.0864 e. The molecule has 3 heteroatoms. The van der Waals surface area contributed by atoms with Crippen LogP contribution in [0.4, 0.5) is 5.69 Å². The van der Waals surface area contributed by atoms with Crippen LogP contribution in [0.15, 0.2) is 23.7 Å². The average molecular weight is 216 g/mol. The Bertz CT molecular complexity index is 502. The molecule has 1 aliphatic rings. The van der Waals surface area contributed by atoms with E-state index in [0.717, 1.165) is 13.0 Å². The zero-order valence-electron chi connectivity index (χ0n) is 8.58. The molecule has 1 aromatic heterocycles. The van der Waals surface area contributed by atoms with Crippen LogP contribution in [0.3, 0.4) is 0 Å². The van der Waals surface area contributed by atoms with Gasteiger partial charge in [-0.3, -0.25) is 0 Å². The number of nitrogens with zero attached hydrogens (tertiary/aromatic N) is 1. The van der Waals surface area contributed by atoms with Gasteiger partial charge in [0.25, 0.3) is 0 Å². The molecule has 0 radical (unpaired) electrons. The van der Waals surface area contributed by atoms with Gasteiger partial charge in [-0.1, -0.05) is 18.2 Å². The molecule has 0 atom stereocenters. The molecule has 0 unspecified atom stereocenters. The highest BCUT2D eigenvalue weighted by Gasteiger charge is 2.17. The third-order valence-electron chi connectivity index (χ3n) is 2.82. The Hall–Kier alpha value is -1.35. The molecule has 0 bridgehead atoms. The molecule has 1 aliphatic heterocycles. The molecule has 0 saturated carbocycles. The van der Waals surface area contributed by atoms with Gasteiger partial charge < -0.3 is 5.32 Å². The maximum absolute atomic E-state index is 4.48. The van der Waals surface area contributed by atoms with Crippen LogP contribution in [-0.4, -0.2) is 11.5 Å². The third kappa shape index (κ3) is 1.35. The molecule has 2 nitrogen and oxygen atoms in total. The van der Waals surface area contributed by atoms with E-state index in [9.17, 15) is 0 Å². The fourth-order valence-corrected chi connectivity index (χ4v) is 2.85. The Labute approximate surface area is 93.0 Å². The lowest BCUT2D eigenvalue weighted by molar-refractivity contribution is 1.05. The van der Waals surface area contributed by atoms with Crippen LogP contribution in [0, 0.1) is 6.92 Å². The summed E-state index contributed by atoms with van der Waals surface area (Å²) in [6.45, 7) is 3.15. The number of fused-ring (bicyclic) bond motifs is 3. The molecule has 0 fully saturated rings. The first-order valence-corrected chi connectivity index (χ1v) is 6.00. The second kappa shape index (κ2) is 3.35. The molecule has 0 amide bonds. The lowest BCUT2D eigenvalue weighted by Crippen LogP contribution is -2.03. The van der Waals surface area contributed by atoms with Crippen molar-refractivity contribution < 1.29 is 0 Å². The Morgan fingerprint density at radius 2 is 2.33 bits per heavy atom. The van der Waals surface area contributed by atoms with Gasteiger partial charge in [-0.05, 0) is 12.5 Å². The number of benzene rings is 1. The summed E-state index contributed by atoms with van der Waals surface area (Å²) in [6.07, 6.45) is 1.08. The van der Waals surface area contributed by atoms with Crippen LogP contribution in [0.5, 0.6) is 0 Å². The van der Waals surface area contributed by atoms with Crippen LogP contribution in [0.25, 0.3) is 11.3 Å². The van der Waals surface area contributed by atoms with E-state index < -0.39 is 0 Å². The molecule has 3 rings (SSSR count). The van der Waals surface area contributed by atoms with E-state index in [1.165, 1.54) is 27.4 Å². The Morgan fingerprint density at radius 3 is 3.27 bits per heavy atom. The summed E-state index contributed by atoms with van der Waals surface area (Å²) in [4.78, 5) is 5.87. The fourth-order valence-electron chi connectivity index (χ4n) is 2.07. The minimum absolute atomic E-state index is 1.01. The first kappa shape index (κ1) is 8.92. The summed E-state index contributed by atoms with van der Waals surface area (Å²) in [7, 11) is 0. The van der Waals surface area contributed by atoms with Crippen LogP contribution >= 0.6 is 11.3 Å². The summed E-state index contributed by atoms with van der Waals surface area (Å²) < 4.78 is 0. The number of para-hydroxylation sites is 1. The van der Waals surface area contributed by atoms with E-state index in [4.69, 9.17) is 0 Å². The third-order valence-corrected chi connectivity index (χ3v) is 3.72. The van der Waals surface area contributed by atoms with Gasteiger partial charge >= 0.3 is 0 Å². The number of anilines is 1. The lowest BCUT2D eigenvalue weighted by atomic mass is 10.1. The number of aromatic nitrogens is 1. The Balaban J connectivity index is 2.29. The van der Waals surface area contributed by atoms with Gasteiger partial charge in [0.05, 0.1) is 11.2 Å². The standard InChI is InChI=1S/C12H12N2S/c1-8-3-2-4-9-11(8)13-6-5-10-12(9)14-7-15-10/h2-4,7,13H,5-6H2,1H3. The normalized spacial score (nSPS) is 13.7. The summed E-state index contributed by atoms with van der Waals surface area (Å²) in [5.74, 6) is 0. The van der Waals surface area contributed by atoms with Gasteiger partial charge in [0.15, 0.2) is 0 Å². The maximum atomic E-state index is 4.48. The van der Waals surface area contributed by atoms with E-state index in [2.05, 4.69) is 35.4 Å². The predicted octanol–water partition coefficient (Wildman–Crippen LogP) is 3.09. The van der Waals surface area contributed by atoms with Crippen molar-refractivity contribution in [1.82, 2.24) is 4.98 Å². The first-order chi connectivity index (χ1) is 7.36. The zero-order valence-corrected chi connectivity index (χ0v) is 9.40. The van der Waals surface area contributed by atoms with Crippen molar-refractivity contribution in [3.63, 3.8) is 0 Å². The minimum atomic E-state index is 1.01. The van der Waals surface area contributed by atoms with Crippen molar-refractivity contribution in [2.45, 2.75) is 13.3 Å². The highest BCUT2D eigenvalue weighted by atomic mass is 32.1. The number of aryl methyl sites for hydroxylation is 1. The summed E-state index contributed by atoms with van der Waals surface area (Å²) in [5.41, 5.74) is 6.92. The highest BCUT2D eigenvalue weighted by Crippen LogP contribution is 2.35. The van der Waals surface area contributed by atoms with E-state index in [1.54, 1.807) is 11.3 Å². The fraction of sp³-hybridized carbons (Fsp3) is 0.250. The van der Waals surface area contributed by atoms with E-state index in [-0.39, 0.29) is 0 Å². The number of hydrogen-bond donors (Lipinski definition) is 1. The van der Waals surface area contributed by atoms with Crippen molar-refractivity contribution in [3.8, 4) is 11.3 Å². The molecule has 0 aliphatic carbocycles. The number of rotatable bonds is 0. The van der Waals surface area contributed by atoms with Crippen molar-refractivity contribution in [2.24, 2.45) is 0 Å². The molecular weight excluding hydrogens is 204 g/mol. The van der Waals surface area contributed by atoms with Crippen molar-refractivity contribution in [2.75, 3.05) is 11.9 Å². The summed E-state index contributed by atoms with van der Waals surface area (Å²) in [6, 6.07) is 6.40. The topological polar surface area (TPSA) is 24.9 Å². The van der Waals surface area contributed by atoms with Gasteiger partial charge in [0.1, 0.15) is 0 Å². The van der Waals surface area contributed by atoms with E-state index in [0.29, 0.717) is 0 Å². The van der Waals surface area contributed by atoms with Gasteiger partial charge in [-0.2, -0.15) is 0 Å². The van der Waals surface area contributed by atoms with Crippen LogP contribution < -0.4 is 5.32 Å². The molecule has 2 aromatic rings. The SMILES string of the molecule is Cc1cccc2c1NCCc1scnc1-2. The molecule has 15 heavy (non-hydrogen) atoms. The van der Waals surface area contributed by atoms with Gasteiger partial charge in [-0.15, -0.1) is 11.3 Å². The zero-order chi connectivity index (χ0) is 10.3. The second-order valence-electron chi connectivity index (χ2n) is 3.80. The highest BCUT2D eigenvalue weighted by molar-refractivity contribution is 7.10. The van der Waals surface area contributed by atoms with Crippen LogP contribution in [-0.2, 0) is 6.42 Å². The van der Waals surface area contributed by atoms with Crippen molar-refractivity contribution in [3.05, 3.63) is 34.2 Å². The quantitative estimate of drug-likeness (QED) is 0.732. The Kier molecular flexibility index (Phi) is 1.99. The first-order valence-electron chi connectivity index (χ1n) is 5.12. The molecule has 0 saturated heterocycles. The average Bonchev–Trinajstić information content (AvgIpc) is 2.62. The van der Waals surface area contributed by atoms with Gasteiger partial charge in [0, 0.05) is 29.1 Å². The molecule has 1 N–H and O–H groups in total. The van der Waals surface area contributed by atoms with Crippen molar-refractivity contribution >= 4 is 17.0 Å². The molecule has 76 valence electrons. The summed E-state index contributed by atoms with van der Waals surface area (Å²) >= 11 is 1.76. The van der Waals surface area contributed by atoms with E-state index in [1.807, 2.05) is 5.51 Å². The number of hydrogen-bond acceptors (Lipinski definition) is 3. The predicted molar refractivity (Wildman–Crippen MR) is 64.5 cm³/mol.